The standard InChI is InChI=1S/C10H19N3O/c1-5-10(4,6-11)9-12-8(7(2)3)13-14-9/h7H,5-6,11H2,1-4H3. The molecule has 14 heavy (non-hydrogen) atoms. The van der Waals surface area contributed by atoms with Crippen molar-refractivity contribution in [3.05, 3.63) is 11.7 Å². The van der Waals surface area contributed by atoms with Crippen molar-refractivity contribution in [3.63, 3.8) is 0 Å². The minimum Gasteiger partial charge on any atom is -0.339 e. The fourth-order valence-corrected chi connectivity index (χ4v) is 1.10. The molecule has 0 aliphatic heterocycles. The van der Waals surface area contributed by atoms with Crippen molar-refractivity contribution in [1.82, 2.24) is 10.1 Å². The summed E-state index contributed by atoms with van der Waals surface area (Å²) in [6, 6.07) is 0. The van der Waals surface area contributed by atoms with Crippen molar-refractivity contribution in [1.29, 1.82) is 0 Å². The van der Waals surface area contributed by atoms with Gasteiger partial charge >= 0.3 is 0 Å². The molecule has 0 aliphatic rings. The third kappa shape index (κ3) is 1.95. The molecule has 0 bridgehead atoms. The molecule has 4 heteroatoms. The van der Waals surface area contributed by atoms with Crippen molar-refractivity contribution in [2.75, 3.05) is 6.54 Å². The Morgan fingerprint density at radius 1 is 1.50 bits per heavy atom. The van der Waals surface area contributed by atoms with Gasteiger partial charge in [0, 0.05) is 12.5 Å². The lowest BCUT2D eigenvalue weighted by Crippen LogP contribution is -2.31. The molecule has 0 fully saturated rings. The van der Waals surface area contributed by atoms with Crippen molar-refractivity contribution >= 4 is 0 Å². The molecule has 4 nitrogen and oxygen atoms in total. The van der Waals surface area contributed by atoms with Gasteiger partial charge in [-0.05, 0) is 13.3 Å². The summed E-state index contributed by atoms with van der Waals surface area (Å²) in [6.07, 6.45) is 0.906. The zero-order valence-corrected chi connectivity index (χ0v) is 9.37. The van der Waals surface area contributed by atoms with Crippen LogP contribution in [0.2, 0.25) is 0 Å². The van der Waals surface area contributed by atoms with Gasteiger partial charge in [0.05, 0.1) is 5.41 Å². The number of hydrogen-bond acceptors (Lipinski definition) is 4. The van der Waals surface area contributed by atoms with Crippen LogP contribution in [0.3, 0.4) is 0 Å². The zero-order valence-electron chi connectivity index (χ0n) is 9.37. The van der Waals surface area contributed by atoms with E-state index in [1.54, 1.807) is 0 Å². The second-order valence-corrected chi connectivity index (χ2v) is 4.23. The quantitative estimate of drug-likeness (QED) is 0.799. The minimum absolute atomic E-state index is 0.180. The first-order valence-electron chi connectivity index (χ1n) is 5.07. The van der Waals surface area contributed by atoms with Gasteiger partial charge in [0.15, 0.2) is 5.82 Å². The van der Waals surface area contributed by atoms with Gasteiger partial charge in [-0.2, -0.15) is 4.98 Å². The number of nitrogens with two attached hydrogens (primary N) is 1. The SMILES string of the molecule is CCC(C)(CN)c1nc(C(C)C)no1. The van der Waals surface area contributed by atoms with Crippen molar-refractivity contribution in [2.45, 2.75) is 45.4 Å². The van der Waals surface area contributed by atoms with Gasteiger partial charge in [-0.3, -0.25) is 0 Å². The number of hydrogen-bond donors (Lipinski definition) is 1. The molecule has 0 aliphatic carbocycles. The van der Waals surface area contributed by atoms with Gasteiger partial charge in [-0.25, -0.2) is 0 Å². The predicted octanol–water partition coefficient (Wildman–Crippen LogP) is 1.82. The van der Waals surface area contributed by atoms with E-state index in [4.69, 9.17) is 10.3 Å². The molecule has 0 saturated heterocycles. The summed E-state index contributed by atoms with van der Waals surface area (Å²) in [6.45, 7) is 8.74. The Labute approximate surface area is 84.9 Å². The van der Waals surface area contributed by atoms with Crippen LogP contribution in [0.15, 0.2) is 4.52 Å². The van der Waals surface area contributed by atoms with Crippen LogP contribution in [0.1, 0.15) is 51.7 Å². The molecule has 1 aromatic rings. The van der Waals surface area contributed by atoms with Gasteiger partial charge < -0.3 is 10.3 Å². The maximum atomic E-state index is 5.71. The second-order valence-electron chi connectivity index (χ2n) is 4.23. The van der Waals surface area contributed by atoms with Crippen LogP contribution in [0, 0.1) is 0 Å². The molecular formula is C10H19N3O. The Balaban J connectivity index is 2.95. The maximum absolute atomic E-state index is 5.71. The maximum Gasteiger partial charge on any atom is 0.233 e. The molecule has 0 saturated carbocycles. The van der Waals surface area contributed by atoms with Gasteiger partial charge in [0.1, 0.15) is 0 Å². The Hall–Kier alpha value is -0.900. The van der Waals surface area contributed by atoms with Gasteiger partial charge in [-0.1, -0.05) is 25.9 Å². The fourth-order valence-electron chi connectivity index (χ4n) is 1.10. The lowest BCUT2D eigenvalue weighted by molar-refractivity contribution is 0.289. The topological polar surface area (TPSA) is 64.9 Å². The first kappa shape index (κ1) is 11.2. The van der Waals surface area contributed by atoms with E-state index in [2.05, 4.69) is 17.1 Å². The zero-order chi connectivity index (χ0) is 10.8. The van der Waals surface area contributed by atoms with E-state index in [0.717, 1.165) is 12.2 Å². The largest absolute Gasteiger partial charge is 0.339 e. The highest BCUT2D eigenvalue weighted by Crippen LogP contribution is 2.25. The smallest absolute Gasteiger partial charge is 0.233 e. The molecule has 1 heterocycles. The summed E-state index contributed by atoms with van der Waals surface area (Å²) in [4.78, 5) is 4.37. The molecule has 0 radical (unpaired) electrons. The summed E-state index contributed by atoms with van der Waals surface area (Å²) in [5.74, 6) is 1.71. The fraction of sp³-hybridized carbons (Fsp3) is 0.800. The Bertz CT molecular complexity index is 289. The van der Waals surface area contributed by atoms with Crippen molar-refractivity contribution in [3.8, 4) is 0 Å². The molecule has 1 unspecified atom stereocenters. The van der Waals surface area contributed by atoms with Crippen LogP contribution in [-0.2, 0) is 5.41 Å². The van der Waals surface area contributed by atoms with Gasteiger partial charge in [0.2, 0.25) is 5.89 Å². The van der Waals surface area contributed by atoms with Crippen LogP contribution in [0.5, 0.6) is 0 Å². The van der Waals surface area contributed by atoms with E-state index in [9.17, 15) is 0 Å². The Morgan fingerprint density at radius 3 is 2.50 bits per heavy atom. The van der Waals surface area contributed by atoms with Crippen LogP contribution >= 0.6 is 0 Å². The van der Waals surface area contributed by atoms with E-state index in [-0.39, 0.29) is 5.41 Å². The molecule has 2 N–H and O–H groups in total. The van der Waals surface area contributed by atoms with E-state index >= 15 is 0 Å². The Morgan fingerprint density at radius 2 is 2.14 bits per heavy atom. The summed E-state index contributed by atoms with van der Waals surface area (Å²) >= 11 is 0. The highest BCUT2D eigenvalue weighted by molar-refractivity contribution is 5.04. The van der Waals surface area contributed by atoms with E-state index in [0.29, 0.717) is 18.4 Å². The first-order chi connectivity index (χ1) is 6.53. The van der Waals surface area contributed by atoms with E-state index < -0.39 is 0 Å². The molecule has 0 spiro atoms. The van der Waals surface area contributed by atoms with Gasteiger partial charge in [-0.15, -0.1) is 0 Å². The molecule has 1 atom stereocenters. The lowest BCUT2D eigenvalue weighted by atomic mass is 9.88. The van der Waals surface area contributed by atoms with Crippen LogP contribution < -0.4 is 5.73 Å². The molecule has 0 amide bonds. The highest BCUT2D eigenvalue weighted by atomic mass is 16.5. The number of nitrogens with zero attached hydrogens (tertiary/aromatic N) is 2. The summed E-state index contributed by atoms with van der Waals surface area (Å²) in [7, 11) is 0. The van der Waals surface area contributed by atoms with Crippen LogP contribution in [-0.4, -0.2) is 16.7 Å². The number of aromatic nitrogens is 2. The van der Waals surface area contributed by atoms with Crippen molar-refractivity contribution < 1.29 is 4.52 Å². The average molecular weight is 197 g/mol. The second kappa shape index (κ2) is 4.09. The minimum atomic E-state index is -0.180. The summed E-state index contributed by atoms with van der Waals surface area (Å²) < 4.78 is 5.23. The monoisotopic (exact) mass is 197 g/mol. The molecule has 1 rings (SSSR count). The van der Waals surface area contributed by atoms with E-state index in [1.165, 1.54) is 0 Å². The first-order valence-corrected chi connectivity index (χ1v) is 5.07. The molecule has 0 aromatic carbocycles. The van der Waals surface area contributed by atoms with Crippen molar-refractivity contribution in [2.24, 2.45) is 5.73 Å². The van der Waals surface area contributed by atoms with E-state index in [1.807, 2.05) is 20.8 Å². The Kier molecular flexibility index (Phi) is 3.26. The summed E-state index contributed by atoms with van der Waals surface area (Å²) in [5, 5.41) is 3.94. The highest BCUT2D eigenvalue weighted by Gasteiger charge is 2.29. The van der Waals surface area contributed by atoms with Crippen LogP contribution in [0.25, 0.3) is 0 Å². The molecule has 1 aromatic heterocycles. The van der Waals surface area contributed by atoms with Crippen LogP contribution in [0.4, 0.5) is 0 Å². The molecule has 80 valence electrons. The average Bonchev–Trinajstić information content (AvgIpc) is 2.66. The third-order valence-electron chi connectivity index (χ3n) is 2.71. The third-order valence-corrected chi connectivity index (χ3v) is 2.71. The summed E-state index contributed by atoms with van der Waals surface area (Å²) in [5.41, 5.74) is 5.53. The normalized spacial score (nSPS) is 15.9. The predicted molar refractivity (Wildman–Crippen MR) is 55.1 cm³/mol. The van der Waals surface area contributed by atoms with Gasteiger partial charge in [0.25, 0.3) is 0 Å². The lowest BCUT2D eigenvalue weighted by Gasteiger charge is -2.20. The number of rotatable bonds is 4. The molecular weight excluding hydrogens is 178 g/mol.